The molecular weight excluding hydrogens is 425 g/mol. The molecule has 1 N–H and O–H groups in total. The molecule has 3 heterocycles. The number of hydrogen-bond acceptors (Lipinski definition) is 6. The lowest BCUT2D eigenvalue weighted by molar-refractivity contribution is 0.102. The van der Waals surface area contributed by atoms with Gasteiger partial charge in [-0.1, -0.05) is 24.3 Å². The molecule has 33 heavy (non-hydrogen) atoms. The van der Waals surface area contributed by atoms with Crippen molar-refractivity contribution in [2.75, 3.05) is 5.32 Å². The predicted octanol–water partition coefficient (Wildman–Crippen LogP) is 2.79. The Hall–Kier alpha value is -4.73. The molecule has 5 aromatic rings. The summed E-state index contributed by atoms with van der Waals surface area (Å²) in [6.45, 7) is 0.0461. The monoisotopic (exact) mass is 441 g/mol. The summed E-state index contributed by atoms with van der Waals surface area (Å²) in [5.74, 6) is -0.894. The first-order chi connectivity index (χ1) is 16.0. The third-order valence-electron chi connectivity index (χ3n) is 4.90. The van der Waals surface area contributed by atoms with Gasteiger partial charge in [0.25, 0.3) is 11.5 Å². The number of halogens is 1. The maximum Gasteiger partial charge on any atom is 0.276 e. The molecule has 9 nitrogen and oxygen atoms in total. The van der Waals surface area contributed by atoms with Crippen molar-refractivity contribution in [1.29, 1.82) is 0 Å². The molecule has 0 atom stereocenters. The lowest BCUT2D eigenvalue weighted by atomic mass is 10.1. The van der Waals surface area contributed by atoms with Crippen molar-refractivity contribution in [3.8, 4) is 11.3 Å². The van der Waals surface area contributed by atoms with Gasteiger partial charge >= 0.3 is 0 Å². The van der Waals surface area contributed by atoms with Gasteiger partial charge in [-0.15, -0.1) is 10.2 Å². The Kier molecular flexibility index (Phi) is 5.15. The van der Waals surface area contributed by atoms with Crippen LogP contribution in [0.1, 0.15) is 16.1 Å². The van der Waals surface area contributed by atoms with E-state index in [9.17, 15) is 14.0 Å². The van der Waals surface area contributed by atoms with Crippen LogP contribution in [0.2, 0.25) is 0 Å². The average molecular weight is 441 g/mol. The molecule has 0 aliphatic heterocycles. The number of amides is 1. The van der Waals surface area contributed by atoms with E-state index in [1.54, 1.807) is 40.9 Å². The number of nitrogens with one attached hydrogen (secondary N) is 1. The van der Waals surface area contributed by atoms with Crippen molar-refractivity contribution in [3.05, 3.63) is 107 Å². The van der Waals surface area contributed by atoms with Crippen LogP contribution in [0.3, 0.4) is 0 Å². The molecule has 0 radical (unpaired) electrons. The molecule has 5 rings (SSSR count). The van der Waals surface area contributed by atoms with Gasteiger partial charge in [0.2, 0.25) is 0 Å². The summed E-state index contributed by atoms with van der Waals surface area (Å²) in [7, 11) is 0. The molecule has 1 amide bonds. The molecule has 2 aromatic carbocycles. The SMILES string of the molecule is O=C(Nc1cccc(-c2ccc3nncn3n2)c1)c1ccc(=O)n(Cc2cccc(F)c2)n1. The minimum Gasteiger partial charge on any atom is -0.321 e. The van der Waals surface area contributed by atoms with E-state index in [0.717, 1.165) is 10.2 Å². The summed E-state index contributed by atoms with van der Waals surface area (Å²) in [4.78, 5) is 25.0. The molecule has 0 bridgehead atoms. The second-order valence-electron chi connectivity index (χ2n) is 7.23. The highest BCUT2D eigenvalue weighted by molar-refractivity contribution is 6.03. The Labute approximate surface area is 186 Å². The van der Waals surface area contributed by atoms with Crippen LogP contribution in [0.25, 0.3) is 16.9 Å². The quantitative estimate of drug-likeness (QED) is 0.450. The molecule has 162 valence electrons. The van der Waals surface area contributed by atoms with E-state index < -0.39 is 17.3 Å². The third kappa shape index (κ3) is 4.35. The number of carbonyl (C=O) groups excluding carboxylic acids is 1. The first-order valence-electron chi connectivity index (χ1n) is 9.97. The van der Waals surface area contributed by atoms with Crippen LogP contribution >= 0.6 is 0 Å². The van der Waals surface area contributed by atoms with Crippen LogP contribution < -0.4 is 10.9 Å². The van der Waals surface area contributed by atoms with Crippen LogP contribution in [-0.2, 0) is 6.54 Å². The zero-order chi connectivity index (χ0) is 22.8. The van der Waals surface area contributed by atoms with Gasteiger partial charge in [-0.05, 0) is 48.0 Å². The highest BCUT2D eigenvalue weighted by Gasteiger charge is 2.12. The minimum absolute atomic E-state index is 0.0461. The molecule has 0 unspecified atom stereocenters. The Bertz CT molecular complexity index is 1540. The summed E-state index contributed by atoms with van der Waals surface area (Å²) in [5.41, 5.74) is 2.85. The van der Waals surface area contributed by atoms with E-state index in [0.29, 0.717) is 22.6 Å². The van der Waals surface area contributed by atoms with Crippen LogP contribution in [0.4, 0.5) is 10.1 Å². The average Bonchev–Trinajstić information content (AvgIpc) is 3.29. The number of anilines is 1. The van der Waals surface area contributed by atoms with Crippen molar-refractivity contribution in [3.63, 3.8) is 0 Å². The topological polar surface area (TPSA) is 107 Å². The maximum atomic E-state index is 13.5. The van der Waals surface area contributed by atoms with Crippen LogP contribution in [-0.4, -0.2) is 35.5 Å². The molecule has 10 heteroatoms. The van der Waals surface area contributed by atoms with E-state index in [-0.39, 0.29) is 12.2 Å². The second kappa shape index (κ2) is 8.42. The number of nitrogens with zero attached hydrogens (tertiary/aromatic N) is 6. The smallest absolute Gasteiger partial charge is 0.276 e. The number of fused-ring (bicyclic) bond motifs is 1. The highest BCUT2D eigenvalue weighted by Crippen LogP contribution is 2.21. The Morgan fingerprint density at radius 1 is 0.970 bits per heavy atom. The van der Waals surface area contributed by atoms with Crippen LogP contribution in [0.5, 0.6) is 0 Å². The molecular formula is C23H16FN7O2. The van der Waals surface area contributed by atoms with Gasteiger partial charge in [-0.3, -0.25) is 9.59 Å². The zero-order valence-electron chi connectivity index (χ0n) is 17.1. The standard InChI is InChI=1S/C23H16FN7O2/c24-17-5-1-3-15(11-17)13-30-22(32)10-8-20(29-30)23(33)26-18-6-2-4-16(12-18)19-7-9-21-27-25-14-31(21)28-19/h1-12,14H,13H2,(H,26,33). The lowest BCUT2D eigenvalue weighted by Gasteiger charge is -2.09. The fourth-order valence-corrected chi connectivity index (χ4v) is 3.33. The molecule has 3 aromatic heterocycles. The Morgan fingerprint density at radius 3 is 2.73 bits per heavy atom. The maximum absolute atomic E-state index is 13.5. The molecule has 0 fully saturated rings. The van der Waals surface area contributed by atoms with E-state index in [1.165, 1.54) is 30.6 Å². The first kappa shape index (κ1) is 20.2. The Morgan fingerprint density at radius 2 is 1.85 bits per heavy atom. The second-order valence-corrected chi connectivity index (χ2v) is 7.23. The summed E-state index contributed by atoms with van der Waals surface area (Å²) in [5, 5.41) is 19.1. The van der Waals surface area contributed by atoms with Gasteiger partial charge in [0.1, 0.15) is 17.8 Å². The van der Waals surface area contributed by atoms with Gasteiger partial charge in [0.15, 0.2) is 5.65 Å². The van der Waals surface area contributed by atoms with E-state index in [4.69, 9.17) is 0 Å². The van der Waals surface area contributed by atoms with Crippen molar-refractivity contribution in [2.45, 2.75) is 6.54 Å². The van der Waals surface area contributed by atoms with E-state index in [2.05, 4.69) is 25.7 Å². The van der Waals surface area contributed by atoms with Crippen LogP contribution in [0.15, 0.2) is 83.9 Å². The van der Waals surface area contributed by atoms with Gasteiger partial charge in [-0.25, -0.2) is 9.07 Å². The highest BCUT2D eigenvalue weighted by atomic mass is 19.1. The molecule has 0 saturated carbocycles. The zero-order valence-corrected chi connectivity index (χ0v) is 17.1. The van der Waals surface area contributed by atoms with Crippen molar-refractivity contribution < 1.29 is 9.18 Å². The number of aromatic nitrogens is 6. The van der Waals surface area contributed by atoms with Gasteiger partial charge in [0.05, 0.1) is 12.2 Å². The normalized spacial score (nSPS) is 10.9. The molecule has 0 saturated heterocycles. The first-order valence-corrected chi connectivity index (χ1v) is 9.97. The number of carbonyl (C=O) groups is 1. The Balaban J connectivity index is 1.37. The summed E-state index contributed by atoms with van der Waals surface area (Å²) in [6.07, 6.45) is 1.51. The van der Waals surface area contributed by atoms with Gasteiger partial charge in [-0.2, -0.15) is 14.7 Å². The number of hydrogen-bond donors (Lipinski definition) is 1. The number of rotatable bonds is 5. The third-order valence-corrected chi connectivity index (χ3v) is 4.90. The lowest BCUT2D eigenvalue weighted by Crippen LogP contribution is -2.26. The minimum atomic E-state index is -0.484. The van der Waals surface area contributed by atoms with E-state index in [1.807, 2.05) is 12.1 Å². The van der Waals surface area contributed by atoms with Gasteiger partial charge in [0, 0.05) is 17.3 Å². The summed E-state index contributed by atoms with van der Waals surface area (Å²) < 4.78 is 16.1. The largest absolute Gasteiger partial charge is 0.321 e. The molecule has 0 spiro atoms. The summed E-state index contributed by atoms with van der Waals surface area (Å²) in [6, 6.07) is 19.3. The predicted molar refractivity (Wildman–Crippen MR) is 118 cm³/mol. The van der Waals surface area contributed by atoms with Crippen molar-refractivity contribution in [1.82, 2.24) is 29.6 Å². The number of benzene rings is 2. The van der Waals surface area contributed by atoms with Crippen molar-refractivity contribution >= 4 is 17.2 Å². The fraction of sp³-hybridized carbons (Fsp3) is 0.0435. The van der Waals surface area contributed by atoms with Crippen LogP contribution in [0, 0.1) is 5.82 Å². The van der Waals surface area contributed by atoms with Crippen molar-refractivity contribution in [2.24, 2.45) is 0 Å². The molecule has 0 aliphatic rings. The fourth-order valence-electron chi connectivity index (χ4n) is 3.33. The summed E-state index contributed by atoms with van der Waals surface area (Å²) >= 11 is 0. The van der Waals surface area contributed by atoms with Gasteiger partial charge < -0.3 is 5.32 Å². The molecule has 0 aliphatic carbocycles. The van der Waals surface area contributed by atoms with E-state index >= 15 is 0 Å².